The van der Waals surface area contributed by atoms with Crippen LogP contribution in [0.4, 0.5) is 5.69 Å². The molecule has 114 valence electrons. The summed E-state index contributed by atoms with van der Waals surface area (Å²) in [6.45, 7) is 3.90. The first-order chi connectivity index (χ1) is 9.75. The number of nitrogens with one attached hydrogen (secondary N) is 1. The van der Waals surface area contributed by atoms with Crippen LogP contribution in [0.1, 0.15) is 19.4 Å². The molecule has 7 heteroatoms. The maximum absolute atomic E-state index is 11.8. The molecular formula is C14H19N3O3S. The van der Waals surface area contributed by atoms with Gasteiger partial charge < -0.3 is 5.32 Å². The van der Waals surface area contributed by atoms with E-state index in [1.54, 1.807) is 38.1 Å². The van der Waals surface area contributed by atoms with Gasteiger partial charge in [-0.3, -0.25) is 9.10 Å². The lowest BCUT2D eigenvalue weighted by atomic mass is 10.2. The summed E-state index contributed by atoms with van der Waals surface area (Å²) in [4.78, 5) is 11.5. The fourth-order valence-corrected chi connectivity index (χ4v) is 2.60. The molecule has 21 heavy (non-hydrogen) atoms. The van der Waals surface area contributed by atoms with Crippen molar-refractivity contribution in [3.63, 3.8) is 0 Å². The zero-order valence-electron chi connectivity index (χ0n) is 12.3. The fourth-order valence-electron chi connectivity index (χ4n) is 1.67. The van der Waals surface area contributed by atoms with Crippen LogP contribution in [0.2, 0.25) is 0 Å². The van der Waals surface area contributed by atoms with Crippen LogP contribution >= 0.6 is 0 Å². The first-order valence-corrected chi connectivity index (χ1v) is 8.36. The van der Waals surface area contributed by atoms with Crippen LogP contribution in [0.15, 0.2) is 24.3 Å². The highest BCUT2D eigenvalue weighted by Crippen LogP contribution is 2.17. The number of hydrogen-bond donors (Lipinski definition) is 1. The molecule has 0 heterocycles. The molecule has 0 aliphatic carbocycles. The molecule has 0 aromatic heterocycles. The standard InChI is InChI=1S/C14H19N3O3S/c1-11(2)14(18)16-8-9-17(21(3,19)20)13-6-4-12(10-15)5-7-13/h4-7,11H,8-9H2,1-3H3,(H,16,18). The maximum Gasteiger partial charge on any atom is 0.232 e. The number of amides is 1. The summed E-state index contributed by atoms with van der Waals surface area (Å²) in [5.41, 5.74) is 0.926. The number of benzene rings is 1. The lowest BCUT2D eigenvalue weighted by Gasteiger charge is -2.22. The quantitative estimate of drug-likeness (QED) is 0.852. The van der Waals surface area contributed by atoms with Gasteiger partial charge in [0, 0.05) is 12.5 Å². The van der Waals surface area contributed by atoms with Gasteiger partial charge in [0.15, 0.2) is 0 Å². The second-order valence-corrected chi connectivity index (χ2v) is 6.85. The van der Waals surface area contributed by atoms with Crippen LogP contribution in [0, 0.1) is 17.2 Å². The Bertz CT molecular complexity index is 630. The topological polar surface area (TPSA) is 90.3 Å². The Labute approximate surface area is 125 Å². The molecule has 1 N–H and O–H groups in total. The van der Waals surface area contributed by atoms with E-state index in [9.17, 15) is 13.2 Å². The van der Waals surface area contributed by atoms with Gasteiger partial charge in [0.1, 0.15) is 0 Å². The molecule has 1 aromatic carbocycles. The smallest absolute Gasteiger partial charge is 0.232 e. The maximum atomic E-state index is 11.8. The number of hydrogen-bond acceptors (Lipinski definition) is 4. The summed E-state index contributed by atoms with van der Waals surface area (Å²) in [7, 11) is -3.46. The lowest BCUT2D eigenvalue weighted by Crippen LogP contribution is -2.39. The fraction of sp³-hybridized carbons (Fsp3) is 0.429. The Morgan fingerprint density at radius 3 is 2.33 bits per heavy atom. The van der Waals surface area contributed by atoms with E-state index in [2.05, 4.69) is 5.32 Å². The third-order valence-electron chi connectivity index (χ3n) is 2.82. The van der Waals surface area contributed by atoms with Gasteiger partial charge in [-0.05, 0) is 24.3 Å². The van der Waals surface area contributed by atoms with E-state index in [0.29, 0.717) is 11.3 Å². The summed E-state index contributed by atoms with van der Waals surface area (Å²) < 4.78 is 24.9. The van der Waals surface area contributed by atoms with Gasteiger partial charge in [-0.2, -0.15) is 5.26 Å². The highest BCUT2D eigenvalue weighted by atomic mass is 32.2. The number of nitriles is 1. The van der Waals surface area contributed by atoms with Crippen molar-refractivity contribution in [1.29, 1.82) is 5.26 Å². The third-order valence-corrected chi connectivity index (χ3v) is 4.02. The van der Waals surface area contributed by atoms with E-state index in [0.717, 1.165) is 6.26 Å². The Kier molecular flexibility index (Phi) is 5.73. The van der Waals surface area contributed by atoms with Gasteiger partial charge in [-0.1, -0.05) is 13.8 Å². The van der Waals surface area contributed by atoms with Crippen LogP contribution in [-0.2, 0) is 14.8 Å². The Hall–Kier alpha value is -2.07. The molecule has 0 aliphatic rings. The number of rotatable bonds is 6. The normalized spacial score (nSPS) is 11.0. The van der Waals surface area contributed by atoms with Crippen molar-refractivity contribution in [3.05, 3.63) is 29.8 Å². The van der Waals surface area contributed by atoms with Gasteiger partial charge in [-0.25, -0.2) is 8.42 Å². The minimum atomic E-state index is -3.46. The van der Waals surface area contributed by atoms with Crippen molar-refractivity contribution in [2.24, 2.45) is 5.92 Å². The molecule has 0 aliphatic heterocycles. The molecule has 0 atom stereocenters. The van der Waals surface area contributed by atoms with E-state index in [4.69, 9.17) is 5.26 Å². The van der Waals surface area contributed by atoms with E-state index >= 15 is 0 Å². The second-order valence-electron chi connectivity index (χ2n) is 4.94. The Morgan fingerprint density at radius 1 is 1.33 bits per heavy atom. The Balaban J connectivity index is 2.82. The van der Waals surface area contributed by atoms with Crippen molar-refractivity contribution >= 4 is 21.6 Å². The van der Waals surface area contributed by atoms with Crippen LogP contribution in [-0.4, -0.2) is 33.7 Å². The number of sulfonamides is 1. The zero-order chi connectivity index (χ0) is 16.0. The van der Waals surface area contributed by atoms with E-state index < -0.39 is 10.0 Å². The highest BCUT2D eigenvalue weighted by molar-refractivity contribution is 7.92. The Morgan fingerprint density at radius 2 is 1.90 bits per heavy atom. The van der Waals surface area contributed by atoms with Gasteiger partial charge in [0.25, 0.3) is 0 Å². The molecule has 1 rings (SSSR count). The van der Waals surface area contributed by atoms with Crippen molar-refractivity contribution in [2.45, 2.75) is 13.8 Å². The SMILES string of the molecule is CC(C)C(=O)NCCN(c1ccc(C#N)cc1)S(C)(=O)=O. The average Bonchev–Trinajstić information content (AvgIpc) is 2.42. The molecule has 0 saturated carbocycles. The summed E-state index contributed by atoms with van der Waals surface area (Å²) >= 11 is 0. The van der Waals surface area contributed by atoms with Gasteiger partial charge in [0.05, 0.1) is 30.1 Å². The predicted octanol–water partition coefficient (Wildman–Crippen LogP) is 1.10. The summed E-state index contributed by atoms with van der Waals surface area (Å²) in [6.07, 6.45) is 1.11. The molecule has 0 unspecified atom stereocenters. The van der Waals surface area contributed by atoms with Crippen LogP contribution in [0.5, 0.6) is 0 Å². The van der Waals surface area contributed by atoms with Gasteiger partial charge in [-0.15, -0.1) is 0 Å². The average molecular weight is 309 g/mol. The molecule has 0 spiro atoms. The predicted molar refractivity (Wildman–Crippen MR) is 81.2 cm³/mol. The van der Waals surface area contributed by atoms with Crippen molar-refractivity contribution in [2.75, 3.05) is 23.7 Å². The van der Waals surface area contributed by atoms with Gasteiger partial charge in [0.2, 0.25) is 15.9 Å². The minimum absolute atomic E-state index is 0.122. The molecule has 0 radical (unpaired) electrons. The van der Waals surface area contributed by atoms with Crippen molar-refractivity contribution < 1.29 is 13.2 Å². The molecule has 0 fully saturated rings. The van der Waals surface area contributed by atoms with Crippen LogP contribution in [0.25, 0.3) is 0 Å². The summed E-state index contributed by atoms with van der Waals surface area (Å²) in [6, 6.07) is 8.24. The third kappa shape index (κ3) is 5.08. The van der Waals surface area contributed by atoms with Crippen LogP contribution in [0.3, 0.4) is 0 Å². The highest BCUT2D eigenvalue weighted by Gasteiger charge is 2.17. The van der Waals surface area contributed by atoms with E-state index in [1.807, 2.05) is 6.07 Å². The molecule has 0 saturated heterocycles. The minimum Gasteiger partial charge on any atom is -0.354 e. The second kappa shape index (κ2) is 7.09. The lowest BCUT2D eigenvalue weighted by molar-refractivity contribution is -0.123. The molecular weight excluding hydrogens is 290 g/mol. The zero-order valence-corrected chi connectivity index (χ0v) is 13.1. The van der Waals surface area contributed by atoms with Gasteiger partial charge >= 0.3 is 0 Å². The van der Waals surface area contributed by atoms with E-state index in [-0.39, 0.29) is 24.9 Å². The summed E-state index contributed by atoms with van der Waals surface area (Å²) in [5, 5.41) is 11.4. The molecule has 1 aromatic rings. The first-order valence-electron chi connectivity index (χ1n) is 6.51. The molecule has 1 amide bonds. The van der Waals surface area contributed by atoms with E-state index in [1.165, 1.54) is 4.31 Å². The monoisotopic (exact) mass is 309 g/mol. The number of anilines is 1. The molecule has 6 nitrogen and oxygen atoms in total. The van der Waals surface area contributed by atoms with Crippen LogP contribution < -0.4 is 9.62 Å². The van der Waals surface area contributed by atoms with Crippen molar-refractivity contribution in [3.8, 4) is 6.07 Å². The molecule has 0 bridgehead atoms. The number of carbonyl (C=O) groups excluding carboxylic acids is 1. The first kappa shape index (κ1) is 17.0. The largest absolute Gasteiger partial charge is 0.354 e. The summed E-state index contributed by atoms with van der Waals surface area (Å²) in [5.74, 6) is -0.269. The number of nitrogens with zero attached hydrogens (tertiary/aromatic N) is 2. The van der Waals surface area contributed by atoms with Crippen molar-refractivity contribution in [1.82, 2.24) is 5.32 Å². The number of carbonyl (C=O) groups is 1.